The Labute approximate surface area is 422 Å². The fraction of sp³-hybridized carbons (Fsp3) is 0. The van der Waals surface area contributed by atoms with E-state index < -0.39 is 0 Å². The number of hydrogen-bond acceptors (Lipinski definition) is 6. The van der Waals surface area contributed by atoms with E-state index in [2.05, 4.69) is 179 Å². The van der Waals surface area contributed by atoms with Crippen molar-refractivity contribution >= 4 is 86.2 Å². The van der Waals surface area contributed by atoms with E-state index in [0.29, 0.717) is 17.5 Å². The lowest BCUT2D eigenvalue weighted by Gasteiger charge is -2.18. The Morgan fingerprint density at radius 3 is 1.44 bits per heavy atom. The second-order valence-electron chi connectivity index (χ2n) is 18.3. The van der Waals surface area contributed by atoms with Crippen LogP contribution in [0.4, 0.5) is 0 Å². The van der Waals surface area contributed by atoms with Crippen LogP contribution in [0.2, 0.25) is 0 Å². The summed E-state index contributed by atoms with van der Waals surface area (Å²) in [6.07, 6.45) is 0. The maximum absolute atomic E-state index is 5.48. The molecule has 0 radical (unpaired) electrons. The van der Waals surface area contributed by atoms with Gasteiger partial charge in [0.25, 0.3) is 0 Å². The molecule has 0 unspecified atom stereocenters. The van der Waals surface area contributed by atoms with E-state index in [1.54, 1.807) is 0 Å². The van der Waals surface area contributed by atoms with Crippen LogP contribution < -0.4 is 0 Å². The minimum absolute atomic E-state index is 0.523. The summed E-state index contributed by atoms with van der Waals surface area (Å²) in [5, 5.41) is 7.38. The predicted octanol–water partition coefficient (Wildman–Crippen LogP) is 16.7. The molecule has 0 spiro atoms. The number of rotatable bonds is 7. The van der Waals surface area contributed by atoms with Crippen molar-refractivity contribution in [3.05, 3.63) is 237 Å². The molecule has 340 valence electrons. The molecule has 5 heterocycles. The molecule has 7 nitrogen and oxygen atoms in total. The van der Waals surface area contributed by atoms with Crippen LogP contribution in [-0.2, 0) is 0 Å². The van der Waals surface area contributed by atoms with Gasteiger partial charge in [-0.1, -0.05) is 176 Å². The molecule has 0 atom stereocenters. The van der Waals surface area contributed by atoms with Crippen molar-refractivity contribution in [3.8, 4) is 68.1 Å². The number of thiophene rings is 1. The molecule has 5 aromatic heterocycles. The first-order chi connectivity index (χ1) is 36.2. The van der Waals surface area contributed by atoms with Crippen LogP contribution in [0, 0.1) is 0 Å². The van der Waals surface area contributed by atoms with E-state index in [9.17, 15) is 0 Å². The summed E-state index contributed by atoms with van der Waals surface area (Å²) < 4.78 is 7.48. The zero-order chi connectivity index (χ0) is 48.0. The predicted molar refractivity (Wildman–Crippen MR) is 302 cm³/mol. The van der Waals surface area contributed by atoms with Crippen molar-refractivity contribution in [2.24, 2.45) is 0 Å². The third kappa shape index (κ3) is 6.47. The summed E-state index contributed by atoms with van der Waals surface area (Å²) in [5.74, 6) is 1.67. The standard InChI is InChI=1S/C65H39N7S/c1-5-21-40(22-6-1)58-59(67-51-33-17-16-32-50(51)66-58)45-38-37-44(39-49(45)65-69-63(41-23-7-2-8-24-41)68-64(70-65)42-25-9-3-10-26-42)72-53-35-19-14-30-47(53)57-61(72)60-55(56-48-31-15-20-36-54(48)73-62(56)57)46-29-13-18-34-52(46)71(60)43-27-11-4-12-28-43/h1-39H. The summed E-state index contributed by atoms with van der Waals surface area (Å²) in [6, 6.07) is 82.9. The number of nitrogens with zero attached hydrogens (tertiary/aromatic N) is 7. The van der Waals surface area contributed by atoms with Gasteiger partial charge in [0.15, 0.2) is 17.5 Å². The van der Waals surface area contributed by atoms with Gasteiger partial charge in [-0.05, 0) is 60.7 Å². The van der Waals surface area contributed by atoms with E-state index in [0.717, 1.165) is 83.7 Å². The molecule has 73 heavy (non-hydrogen) atoms. The van der Waals surface area contributed by atoms with Crippen molar-refractivity contribution in [1.82, 2.24) is 34.1 Å². The van der Waals surface area contributed by atoms with Crippen molar-refractivity contribution in [2.45, 2.75) is 0 Å². The summed E-state index contributed by atoms with van der Waals surface area (Å²) in [7, 11) is 0. The summed E-state index contributed by atoms with van der Waals surface area (Å²) >= 11 is 1.88. The maximum Gasteiger partial charge on any atom is 0.164 e. The molecule has 0 N–H and O–H groups in total. The van der Waals surface area contributed by atoms with Gasteiger partial charge in [0.2, 0.25) is 0 Å². The quantitative estimate of drug-likeness (QED) is 0.159. The molecular weight excluding hydrogens is 911 g/mol. The first-order valence-corrected chi connectivity index (χ1v) is 25.2. The maximum atomic E-state index is 5.48. The fourth-order valence-corrected chi connectivity index (χ4v) is 12.2. The molecule has 15 aromatic rings. The first-order valence-electron chi connectivity index (χ1n) is 24.4. The highest BCUT2D eigenvalue weighted by Gasteiger charge is 2.28. The van der Waals surface area contributed by atoms with E-state index in [1.807, 2.05) is 78.1 Å². The summed E-state index contributed by atoms with van der Waals surface area (Å²) in [5.41, 5.74) is 14.1. The molecule has 0 fully saturated rings. The summed E-state index contributed by atoms with van der Waals surface area (Å²) in [6.45, 7) is 0. The van der Waals surface area contributed by atoms with Crippen LogP contribution in [0.5, 0.6) is 0 Å². The first kappa shape index (κ1) is 41.2. The Kier molecular flexibility index (Phi) is 9.30. The lowest BCUT2D eigenvalue weighted by molar-refractivity contribution is 1.07. The molecule has 0 bridgehead atoms. The minimum Gasteiger partial charge on any atom is -0.307 e. The smallest absolute Gasteiger partial charge is 0.164 e. The third-order valence-corrected chi connectivity index (χ3v) is 15.3. The van der Waals surface area contributed by atoms with Gasteiger partial charge in [-0.15, -0.1) is 11.3 Å². The van der Waals surface area contributed by atoms with Gasteiger partial charge < -0.3 is 9.13 Å². The van der Waals surface area contributed by atoms with Crippen LogP contribution in [0.25, 0.3) is 143 Å². The molecule has 0 aliphatic heterocycles. The Morgan fingerprint density at radius 1 is 0.315 bits per heavy atom. The molecule has 0 saturated heterocycles. The highest BCUT2D eigenvalue weighted by atomic mass is 32.1. The number of fused-ring (bicyclic) bond motifs is 13. The normalized spacial score (nSPS) is 11.8. The number of para-hydroxylation sites is 5. The average molecular weight is 950 g/mol. The van der Waals surface area contributed by atoms with Gasteiger partial charge >= 0.3 is 0 Å². The fourth-order valence-electron chi connectivity index (χ4n) is 11.0. The molecule has 0 amide bonds. The van der Waals surface area contributed by atoms with Crippen molar-refractivity contribution < 1.29 is 0 Å². The van der Waals surface area contributed by atoms with Gasteiger partial charge in [0, 0.05) is 80.9 Å². The van der Waals surface area contributed by atoms with E-state index >= 15 is 0 Å². The third-order valence-electron chi connectivity index (χ3n) is 14.1. The van der Waals surface area contributed by atoms with Gasteiger partial charge in [-0.25, -0.2) is 24.9 Å². The molecule has 0 aliphatic rings. The highest BCUT2D eigenvalue weighted by Crippen LogP contribution is 2.51. The second-order valence-corrected chi connectivity index (χ2v) is 19.4. The van der Waals surface area contributed by atoms with E-state index in [4.69, 9.17) is 24.9 Å². The Bertz CT molecular complexity index is 4600. The van der Waals surface area contributed by atoms with Crippen LogP contribution in [0.3, 0.4) is 0 Å². The highest BCUT2D eigenvalue weighted by molar-refractivity contribution is 7.27. The Balaban J connectivity index is 1.12. The number of hydrogen-bond donors (Lipinski definition) is 0. The van der Waals surface area contributed by atoms with Crippen LogP contribution in [-0.4, -0.2) is 34.1 Å². The molecule has 8 heteroatoms. The van der Waals surface area contributed by atoms with Gasteiger partial charge in [0.1, 0.15) is 0 Å². The van der Waals surface area contributed by atoms with Crippen LogP contribution in [0.15, 0.2) is 237 Å². The number of benzene rings is 10. The monoisotopic (exact) mass is 949 g/mol. The largest absolute Gasteiger partial charge is 0.307 e. The number of aromatic nitrogens is 7. The Hall–Kier alpha value is -9.63. The van der Waals surface area contributed by atoms with Gasteiger partial charge in [0.05, 0.1) is 44.5 Å². The van der Waals surface area contributed by atoms with Crippen molar-refractivity contribution in [2.75, 3.05) is 0 Å². The molecule has 0 saturated carbocycles. The minimum atomic E-state index is 0.523. The second kappa shape index (κ2) is 16.5. The van der Waals surface area contributed by atoms with E-state index in [-0.39, 0.29) is 0 Å². The molecule has 10 aromatic carbocycles. The molecule has 15 rings (SSSR count). The van der Waals surface area contributed by atoms with Crippen LogP contribution in [0.1, 0.15) is 0 Å². The molecule has 0 aliphatic carbocycles. The lowest BCUT2D eigenvalue weighted by atomic mass is 9.97. The average Bonchev–Trinajstić information content (AvgIpc) is 4.14. The Morgan fingerprint density at radius 2 is 0.795 bits per heavy atom. The lowest BCUT2D eigenvalue weighted by Crippen LogP contribution is -2.04. The van der Waals surface area contributed by atoms with Gasteiger partial charge in [-0.2, -0.15) is 0 Å². The van der Waals surface area contributed by atoms with E-state index in [1.165, 1.54) is 41.7 Å². The zero-order valence-corrected chi connectivity index (χ0v) is 39.9. The SMILES string of the molecule is c1ccc(-c2nc(-c3ccccc3)nc(-c3cc(-n4c5ccccc5c5c6sc7ccccc7c6c6c7ccccc7n(-c7ccccc7)c6c54)ccc3-c3nc4ccccc4nc3-c3ccccc3)n2)cc1. The topological polar surface area (TPSA) is 74.3 Å². The van der Waals surface area contributed by atoms with Crippen molar-refractivity contribution in [3.63, 3.8) is 0 Å². The molecular formula is C65H39N7S. The zero-order valence-electron chi connectivity index (χ0n) is 39.1. The van der Waals surface area contributed by atoms with Gasteiger partial charge in [-0.3, -0.25) is 0 Å². The van der Waals surface area contributed by atoms with Crippen LogP contribution >= 0.6 is 11.3 Å². The van der Waals surface area contributed by atoms with Crippen molar-refractivity contribution in [1.29, 1.82) is 0 Å². The summed E-state index contributed by atoms with van der Waals surface area (Å²) in [4.78, 5) is 26.8.